The summed E-state index contributed by atoms with van der Waals surface area (Å²) in [6.45, 7) is -0.656. The largest absolute Gasteiger partial charge is 0.456 e. The molecule has 2 amide bonds. The number of non-ortho nitro benzene ring substituents is 1. The highest BCUT2D eigenvalue weighted by Gasteiger charge is 2.42. The summed E-state index contributed by atoms with van der Waals surface area (Å²) >= 11 is 0. The van der Waals surface area contributed by atoms with E-state index in [1.807, 2.05) is 18.2 Å². The zero-order chi connectivity index (χ0) is 28.0. The molecule has 0 bridgehead atoms. The van der Waals surface area contributed by atoms with Gasteiger partial charge in [0.05, 0.1) is 4.92 Å². The second-order valence-electron chi connectivity index (χ2n) is 9.82. The lowest BCUT2D eigenvalue weighted by Gasteiger charge is -2.33. The van der Waals surface area contributed by atoms with E-state index in [0.717, 1.165) is 34.3 Å². The summed E-state index contributed by atoms with van der Waals surface area (Å²) in [4.78, 5) is 65.0. The number of ketones is 1. The average molecular weight is 535 g/mol. The van der Waals surface area contributed by atoms with Gasteiger partial charge in [0.2, 0.25) is 0 Å². The Morgan fingerprint density at radius 2 is 1.43 bits per heavy atom. The monoisotopic (exact) mass is 534 g/mol. The Labute approximate surface area is 228 Å². The number of hydrogen-bond acceptors (Lipinski definition) is 7. The molecule has 1 heterocycles. The van der Waals surface area contributed by atoms with E-state index in [4.69, 9.17) is 4.74 Å². The van der Waals surface area contributed by atoms with Gasteiger partial charge in [-0.05, 0) is 59.2 Å². The van der Waals surface area contributed by atoms with Crippen LogP contribution in [0.4, 0.5) is 5.69 Å². The highest BCUT2D eigenvalue weighted by Crippen LogP contribution is 2.39. The lowest BCUT2D eigenvalue weighted by molar-refractivity contribution is -0.384. The summed E-state index contributed by atoms with van der Waals surface area (Å²) in [6.07, 6.45) is 1.68. The fraction of sp³-hybridized carbons (Fsp3) is 0.161. The highest BCUT2D eigenvalue weighted by atomic mass is 16.6. The second-order valence-corrected chi connectivity index (χ2v) is 9.82. The highest BCUT2D eigenvalue weighted by molar-refractivity contribution is 6.27. The molecule has 1 aliphatic carbocycles. The molecule has 0 saturated heterocycles. The topological polar surface area (TPSA) is 124 Å². The molecule has 0 saturated carbocycles. The number of aryl methyl sites for hydroxylation is 2. The van der Waals surface area contributed by atoms with Crippen molar-refractivity contribution in [1.82, 2.24) is 4.90 Å². The van der Waals surface area contributed by atoms with Crippen molar-refractivity contribution in [2.75, 3.05) is 6.61 Å². The van der Waals surface area contributed by atoms with Crippen LogP contribution in [0, 0.1) is 10.1 Å². The van der Waals surface area contributed by atoms with Crippen molar-refractivity contribution in [3.63, 3.8) is 0 Å². The van der Waals surface area contributed by atoms with Crippen LogP contribution in [0.15, 0.2) is 78.9 Å². The molecule has 9 heteroatoms. The first kappa shape index (κ1) is 25.1. The number of esters is 1. The smallest absolute Gasteiger partial charge is 0.330 e. The van der Waals surface area contributed by atoms with Crippen molar-refractivity contribution >= 4 is 40.0 Å². The van der Waals surface area contributed by atoms with Gasteiger partial charge in [0.15, 0.2) is 12.4 Å². The van der Waals surface area contributed by atoms with Gasteiger partial charge >= 0.3 is 5.97 Å². The molecule has 0 unspecified atom stereocenters. The lowest BCUT2D eigenvalue weighted by atomic mass is 9.90. The molecule has 1 atom stereocenters. The van der Waals surface area contributed by atoms with Crippen LogP contribution in [0.1, 0.15) is 47.8 Å². The predicted molar refractivity (Wildman–Crippen MR) is 144 cm³/mol. The number of nitrogens with zero attached hydrogens (tertiary/aromatic N) is 2. The van der Waals surface area contributed by atoms with E-state index < -0.39 is 41.1 Å². The van der Waals surface area contributed by atoms with Crippen LogP contribution < -0.4 is 0 Å². The number of carbonyl (C=O) groups excluding carboxylic acids is 4. The SMILES string of the molecule is O=C(COC(=O)[C@@H](Cc1ccccc1)N1C(=O)c2ccc3c4c(ccc(c24)C1=O)CC3)c1ccc([N+](=O)[O-])cc1. The first-order valence-corrected chi connectivity index (χ1v) is 12.8. The number of benzene rings is 4. The van der Waals surface area contributed by atoms with Crippen molar-refractivity contribution in [1.29, 1.82) is 0 Å². The first-order chi connectivity index (χ1) is 19.3. The Morgan fingerprint density at radius 3 is 2.00 bits per heavy atom. The van der Waals surface area contributed by atoms with Crippen LogP contribution in [-0.2, 0) is 28.8 Å². The number of ether oxygens (including phenoxy) is 1. The Morgan fingerprint density at radius 1 is 0.825 bits per heavy atom. The van der Waals surface area contributed by atoms with E-state index in [2.05, 4.69) is 0 Å². The number of hydrogen-bond donors (Lipinski definition) is 0. The zero-order valence-corrected chi connectivity index (χ0v) is 21.2. The molecule has 4 aromatic carbocycles. The molecule has 0 spiro atoms. The van der Waals surface area contributed by atoms with Crippen molar-refractivity contribution in [3.8, 4) is 0 Å². The van der Waals surface area contributed by atoms with Crippen LogP contribution in [0.5, 0.6) is 0 Å². The van der Waals surface area contributed by atoms with Gasteiger partial charge < -0.3 is 4.74 Å². The van der Waals surface area contributed by atoms with Gasteiger partial charge in [-0.25, -0.2) is 4.79 Å². The van der Waals surface area contributed by atoms with Crippen LogP contribution in [0.3, 0.4) is 0 Å². The molecule has 198 valence electrons. The zero-order valence-electron chi connectivity index (χ0n) is 21.2. The lowest BCUT2D eigenvalue weighted by Crippen LogP contribution is -2.52. The Kier molecular flexibility index (Phi) is 6.18. The van der Waals surface area contributed by atoms with E-state index in [0.29, 0.717) is 22.1 Å². The second kappa shape index (κ2) is 9.85. The summed E-state index contributed by atoms with van der Waals surface area (Å²) in [5.41, 5.74) is 3.54. The molecule has 1 aliphatic heterocycles. The van der Waals surface area contributed by atoms with E-state index in [1.165, 1.54) is 24.3 Å². The molecule has 0 radical (unpaired) electrons. The fourth-order valence-corrected chi connectivity index (χ4v) is 5.52. The summed E-state index contributed by atoms with van der Waals surface area (Å²) < 4.78 is 5.36. The van der Waals surface area contributed by atoms with Crippen molar-refractivity contribution < 1.29 is 28.8 Å². The van der Waals surface area contributed by atoms with Crippen molar-refractivity contribution in [3.05, 3.63) is 122 Å². The molecular weight excluding hydrogens is 512 g/mol. The Hall–Kier alpha value is -5.18. The molecule has 4 aromatic rings. The summed E-state index contributed by atoms with van der Waals surface area (Å²) in [5.74, 6) is -2.66. The third kappa shape index (κ3) is 4.21. The van der Waals surface area contributed by atoms with Crippen molar-refractivity contribution in [2.45, 2.75) is 25.3 Å². The van der Waals surface area contributed by atoms with Crippen LogP contribution in [-0.4, -0.2) is 46.0 Å². The molecule has 2 aliphatic rings. The maximum absolute atomic E-state index is 13.8. The molecule has 0 N–H and O–H groups in total. The van der Waals surface area contributed by atoms with Gasteiger partial charge in [0, 0.05) is 40.6 Å². The number of nitro benzene ring substituents is 1. The minimum Gasteiger partial charge on any atom is -0.456 e. The number of rotatable bonds is 8. The van der Waals surface area contributed by atoms with Gasteiger partial charge in [-0.2, -0.15) is 0 Å². The molecule has 0 aromatic heterocycles. The summed E-state index contributed by atoms with van der Waals surface area (Å²) in [5, 5.41) is 12.5. The van der Waals surface area contributed by atoms with Crippen LogP contribution >= 0.6 is 0 Å². The van der Waals surface area contributed by atoms with E-state index in [9.17, 15) is 29.3 Å². The number of nitro groups is 1. The van der Waals surface area contributed by atoms with E-state index in [1.54, 1.807) is 36.4 Å². The normalized spacial score (nSPS) is 14.3. The van der Waals surface area contributed by atoms with E-state index in [-0.39, 0.29) is 17.7 Å². The van der Waals surface area contributed by atoms with Crippen LogP contribution in [0.2, 0.25) is 0 Å². The number of Topliss-reactive ketones (excluding diaryl/α,β-unsaturated/α-hetero) is 1. The summed E-state index contributed by atoms with van der Waals surface area (Å²) in [6, 6.07) is 19.7. The van der Waals surface area contributed by atoms with Gasteiger partial charge in [0.1, 0.15) is 6.04 Å². The summed E-state index contributed by atoms with van der Waals surface area (Å²) in [7, 11) is 0. The first-order valence-electron chi connectivity index (χ1n) is 12.8. The standard InChI is InChI=1S/C31H22N2O7/c34-26(19-8-12-22(13-9-19)33(38)39)17-40-31(37)25(16-18-4-2-1-3-5-18)32-29(35)23-14-10-20-6-7-21-11-15-24(30(32)36)28(23)27(20)21/h1-5,8-15,25H,6-7,16-17H2/t25-/m1/s1. The number of imide groups is 1. The molecule has 0 fully saturated rings. The van der Waals surface area contributed by atoms with Crippen molar-refractivity contribution in [2.24, 2.45) is 0 Å². The quantitative estimate of drug-likeness (QED) is 0.107. The fourth-order valence-electron chi connectivity index (χ4n) is 5.52. The number of carbonyl (C=O) groups is 4. The van der Waals surface area contributed by atoms with Gasteiger partial charge in [-0.15, -0.1) is 0 Å². The Bertz CT molecular complexity index is 1670. The molecule has 40 heavy (non-hydrogen) atoms. The molecule has 9 nitrogen and oxygen atoms in total. The average Bonchev–Trinajstić information content (AvgIpc) is 3.40. The van der Waals surface area contributed by atoms with Gasteiger partial charge in [0.25, 0.3) is 17.5 Å². The predicted octanol–water partition coefficient (Wildman–Crippen LogP) is 4.48. The third-order valence-electron chi connectivity index (χ3n) is 7.50. The number of amides is 2. The minimum absolute atomic E-state index is 0.00246. The maximum atomic E-state index is 13.8. The third-order valence-corrected chi connectivity index (χ3v) is 7.50. The minimum atomic E-state index is -1.32. The maximum Gasteiger partial charge on any atom is 0.330 e. The molecule has 6 rings (SSSR count). The van der Waals surface area contributed by atoms with Crippen LogP contribution in [0.25, 0.3) is 10.8 Å². The van der Waals surface area contributed by atoms with Gasteiger partial charge in [-0.3, -0.25) is 29.4 Å². The van der Waals surface area contributed by atoms with E-state index >= 15 is 0 Å². The Balaban J connectivity index is 1.31. The molecular formula is C31H22N2O7. The van der Waals surface area contributed by atoms with Gasteiger partial charge in [-0.1, -0.05) is 42.5 Å².